The first-order valence-corrected chi connectivity index (χ1v) is 29.7. The summed E-state index contributed by atoms with van der Waals surface area (Å²) in [6.45, 7) is 24.2. The monoisotopic (exact) mass is 1040 g/mol. The molecule has 75 heavy (non-hydrogen) atoms. The zero-order chi connectivity index (χ0) is 52.9. The Morgan fingerprint density at radius 1 is 0.827 bits per heavy atom. The number of hydrogen-bond donors (Lipinski definition) is 2. The molecule has 0 radical (unpaired) electrons. The largest absolute Gasteiger partial charge is 0.368 e. The van der Waals surface area contributed by atoms with Crippen LogP contribution in [0, 0.1) is 6.92 Å². The number of benzene rings is 2. The van der Waals surface area contributed by atoms with E-state index in [0.717, 1.165) is 102 Å². The van der Waals surface area contributed by atoms with Gasteiger partial charge in [0.05, 0.1) is 34.7 Å². The fraction of sp³-hybridized carbons (Fsp3) is 0.481. The van der Waals surface area contributed by atoms with Crippen molar-refractivity contribution in [2.45, 2.75) is 103 Å². The van der Waals surface area contributed by atoms with Crippen LogP contribution in [0.2, 0.25) is 25.7 Å². The minimum atomic E-state index is -1.36. The van der Waals surface area contributed by atoms with Crippen molar-refractivity contribution >= 4 is 60.6 Å². The van der Waals surface area contributed by atoms with Gasteiger partial charge in [0, 0.05) is 108 Å². The molecule has 2 atom stereocenters. The van der Waals surface area contributed by atoms with Gasteiger partial charge in [-0.2, -0.15) is 4.98 Å². The average Bonchev–Trinajstić information content (AvgIpc) is 3.96. The number of pyridine rings is 1. The zero-order valence-electron chi connectivity index (χ0n) is 44.1. The van der Waals surface area contributed by atoms with Crippen LogP contribution in [0.15, 0.2) is 71.6 Å². The van der Waals surface area contributed by atoms with Crippen LogP contribution in [0.4, 0.5) is 23.0 Å². The van der Waals surface area contributed by atoms with Crippen molar-refractivity contribution in [3.8, 4) is 11.3 Å². The smallest absolute Gasteiger partial charge is 0.315 e. The molecule has 2 N–H and O–H groups in total. The van der Waals surface area contributed by atoms with Gasteiger partial charge in [-0.05, 0) is 73.8 Å². The molecule has 2 aromatic carbocycles. The summed E-state index contributed by atoms with van der Waals surface area (Å²) in [7, 11) is -1.36. The number of fused-ring (bicyclic) bond motifs is 1. The lowest BCUT2D eigenvalue weighted by molar-refractivity contribution is -0.158. The number of ether oxygens (including phenoxy) is 1. The Morgan fingerprint density at radius 3 is 2.25 bits per heavy atom. The number of rotatable bonds is 16. The van der Waals surface area contributed by atoms with Crippen LogP contribution in [0.1, 0.15) is 94.9 Å². The molecule has 1 unspecified atom stereocenters. The molecule has 0 aliphatic carbocycles. The number of nitrogens with zero attached hydrogens (tertiary/aromatic N) is 11. The van der Waals surface area contributed by atoms with Crippen molar-refractivity contribution in [2.75, 3.05) is 80.8 Å². The van der Waals surface area contributed by atoms with Crippen molar-refractivity contribution in [3.63, 3.8) is 0 Å². The van der Waals surface area contributed by atoms with Crippen molar-refractivity contribution < 1.29 is 33.2 Å². The first-order valence-electron chi connectivity index (χ1n) is 26.0. The molecule has 5 aliphatic rings. The summed E-state index contributed by atoms with van der Waals surface area (Å²) >= 11 is 0. The number of aryl methyl sites for hydroxylation is 1. The highest BCUT2D eigenvalue weighted by molar-refractivity contribution is 6.76. The summed E-state index contributed by atoms with van der Waals surface area (Å²) in [5.41, 5.74) is 5.83. The fourth-order valence-corrected chi connectivity index (χ4v) is 11.1. The zero-order valence-corrected chi connectivity index (χ0v) is 45.1. The number of carbonyl (C=O) groups is 5. The Morgan fingerprint density at radius 2 is 1.56 bits per heavy atom. The fourth-order valence-electron chi connectivity index (χ4n) is 10.4. The number of likely N-dealkylation sites (tertiary alicyclic amines) is 2. The van der Waals surface area contributed by atoms with Gasteiger partial charge < -0.3 is 29.7 Å². The number of carbonyl (C=O) groups excluding carboxylic acids is 5. The lowest BCUT2D eigenvalue weighted by Gasteiger charge is -2.55. The molecule has 4 saturated heterocycles. The van der Waals surface area contributed by atoms with Crippen LogP contribution in [-0.2, 0) is 19.7 Å². The van der Waals surface area contributed by atoms with E-state index in [1.807, 2.05) is 77.2 Å². The molecule has 0 spiro atoms. The number of imide groups is 2. The SMILES string of the molecule is Cc1cc(-c2cc(Nc3ccc(N4CCN(C5CN(C6CN(c7ccc8c(c7)C(=O)N(C7CCC(=O)N(COCC[Si](C)(C)C)C7=O)C8=O)C6)C5)CC4)cn3)ncn2)ccc1[C@@H](C)NC(=O)c1nc(C(C)(C)C)no1. The van der Waals surface area contributed by atoms with Gasteiger partial charge in [0.15, 0.2) is 5.82 Å². The van der Waals surface area contributed by atoms with Crippen molar-refractivity contribution in [3.05, 3.63) is 101 Å². The molecule has 394 valence electrons. The second-order valence-corrected chi connectivity index (χ2v) is 28.3. The third-order valence-electron chi connectivity index (χ3n) is 15.1. The van der Waals surface area contributed by atoms with Crippen LogP contribution in [0.25, 0.3) is 11.3 Å². The standard InChI is InChI=1S/C54H67N13O7Si/c1-33-23-35(9-12-40(33)34(2)58-48(69)49-60-53(61-74-49)54(3,4)5)43-25-46(57-31-56-43)59-45-15-11-37(26-55-45)62-17-19-63(20-18-62)38-27-65(28-38)39-29-64(30-39)36-10-13-41-42(24-36)51(71)67(50(41)70)44-14-16-47(68)66(52(44)72)32-73-21-22-75(6,7)8/h9-13,15,23-26,31,34,38-39,44H,14,16-22,27-30,32H2,1-8H3,(H,58,69)(H,55,56,57,59)/t34-,44?/m1/s1. The van der Waals surface area contributed by atoms with Crippen molar-refractivity contribution in [1.29, 1.82) is 0 Å². The van der Waals surface area contributed by atoms with Gasteiger partial charge >= 0.3 is 11.8 Å². The first-order chi connectivity index (χ1) is 35.8. The van der Waals surface area contributed by atoms with Crippen molar-refractivity contribution in [2.24, 2.45) is 0 Å². The van der Waals surface area contributed by atoms with Gasteiger partial charge in [-0.3, -0.25) is 43.6 Å². The van der Waals surface area contributed by atoms with Gasteiger partial charge in [-0.1, -0.05) is 57.7 Å². The van der Waals surface area contributed by atoms with E-state index in [1.165, 1.54) is 6.33 Å². The first kappa shape index (κ1) is 51.5. The van der Waals surface area contributed by atoms with Crippen LogP contribution in [-0.4, -0.2) is 166 Å². The molecule has 0 bridgehead atoms. The molecular weight excluding hydrogens is 971 g/mol. The summed E-state index contributed by atoms with van der Waals surface area (Å²) in [5, 5.41) is 10.3. The number of nitrogens with one attached hydrogen (secondary N) is 2. The Labute approximate surface area is 438 Å². The lowest BCUT2D eigenvalue weighted by Crippen LogP contribution is -2.71. The van der Waals surface area contributed by atoms with Crippen LogP contribution < -0.4 is 20.4 Å². The van der Waals surface area contributed by atoms with Gasteiger partial charge in [-0.25, -0.2) is 15.0 Å². The highest BCUT2D eigenvalue weighted by Gasteiger charge is 2.48. The summed E-state index contributed by atoms with van der Waals surface area (Å²) in [4.78, 5) is 96.4. The summed E-state index contributed by atoms with van der Waals surface area (Å²) in [5.74, 6) is -0.601. The molecule has 0 saturated carbocycles. The molecule has 21 heteroatoms. The number of aromatic nitrogens is 5. The Balaban J connectivity index is 0.656. The van der Waals surface area contributed by atoms with E-state index in [1.54, 1.807) is 12.1 Å². The molecular formula is C54H67N13O7Si. The lowest BCUT2D eigenvalue weighted by atomic mass is 9.96. The van der Waals surface area contributed by atoms with E-state index < -0.39 is 37.7 Å². The van der Waals surface area contributed by atoms with Crippen molar-refractivity contribution in [1.82, 2.24) is 50.0 Å². The Kier molecular flexibility index (Phi) is 14.2. The highest BCUT2D eigenvalue weighted by atomic mass is 28.3. The number of piperidine rings is 1. The topological polar surface area (TPSA) is 216 Å². The maximum atomic E-state index is 13.8. The van der Waals surface area contributed by atoms with Crippen LogP contribution in [0.3, 0.4) is 0 Å². The Hall–Kier alpha value is -6.94. The summed E-state index contributed by atoms with van der Waals surface area (Å²) in [6, 6.07) is 17.8. The molecule has 8 heterocycles. The van der Waals surface area contributed by atoms with Crippen LogP contribution in [0.5, 0.6) is 0 Å². The third kappa shape index (κ3) is 10.9. The van der Waals surface area contributed by atoms with Gasteiger partial charge in [0.2, 0.25) is 5.91 Å². The van der Waals surface area contributed by atoms with E-state index in [0.29, 0.717) is 47.3 Å². The minimum Gasteiger partial charge on any atom is -0.368 e. The highest BCUT2D eigenvalue weighted by Crippen LogP contribution is 2.35. The summed E-state index contributed by atoms with van der Waals surface area (Å²) < 4.78 is 11.0. The molecule has 3 aromatic heterocycles. The molecule has 20 nitrogen and oxygen atoms in total. The number of amides is 5. The quantitative estimate of drug-likeness (QED) is 0.0670. The maximum absolute atomic E-state index is 13.8. The van der Waals surface area contributed by atoms with E-state index in [2.05, 4.69) is 76.0 Å². The Bertz CT molecular complexity index is 2990. The number of piperazine rings is 1. The maximum Gasteiger partial charge on any atom is 0.315 e. The average molecular weight is 1040 g/mol. The summed E-state index contributed by atoms with van der Waals surface area (Å²) in [6.07, 6.45) is 3.61. The van der Waals surface area contributed by atoms with E-state index in [-0.39, 0.29) is 42.8 Å². The number of hydrogen-bond acceptors (Lipinski definition) is 17. The third-order valence-corrected chi connectivity index (χ3v) is 16.8. The van der Waals surface area contributed by atoms with E-state index in [4.69, 9.17) is 14.2 Å². The normalized spacial score (nSPS) is 19.6. The van der Waals surface area contributed by atoms with Gasteiger partial charge in [0.1, 0.15) is 30.7 Å². The predicted octanol–water partition coefficient (Wildman–Crippen LogP) is 5.88. The molecule has 4 fully saturated rings. The molecule has 10 rings (SSSR count). The van der Waals surface area contributed by atoms with Gasteiger partial charge in [-0.15, -0.1) is 0 Å². The van der Waals surface area contributed by atoms with Gasteiger partial charge in [0.25, 0.3) is 17.7 Å². The molecule has 5 aromatic rings. The number of anilines is 4. The predicted molar refractivity (Wildman–Crippen MR) is 285 cm³/mol. The molecule has 5 amide bonds. The second-order valence-electron chi connectivity index (χ2n) is 22.7. The minimum absolute atomic E-state index is 0.0608. The van der Waals surface area contributed by atoms with E-state index in [9.17, 15) is 24.0 Å². The van der Waals surface area contributed by atoms with E-state index >= 15 is 0 Å². The molecule has 5 aliphatic heterocycles. The van der Waals surface area contributed by atoms with Crippen LogP contribution >= 0.6 is 0 Å². The second kappa shape index (κ2) is 20.6.